The molecule has 5 heteroatoms. The number of rotatable bonds is 3. The maximum Gasteiger partial charge on any atom is 0.257 e. The van der Waals surface area contributed by atoms with Gasteiger partial charge in [0.2, 0.25) is 0 Å². The monoisotopic (exact) mass is 345 g/mol. The van der Waals surface area contributed by atoms with Crippen molar-refractivity contribution in [1.82, 2.24) is 15.0 Å². The topological polar surface area (TPSA) is 59.2 Å². The fourth-order valence-electron chi connectivity index (χ4n) is 3.12. The van der Waals surface area contributed by atoms with Crippen LogP contribution in [0.4, 0.5) is 0 Å². The minimum absolute atomic E-state index is 0.0432. The van der Waals surface area contributed by atoms with E-state index in [2.05, 4.69) is 28.3 Å². The van der Waals surface area contributed by atoms with Crippen LogP contribution in [0.25, 0.3) is 17.0 Å². The Morgan fingerprint density at radius 3 is 2.42 bits per heavy atom. The van der Waals surface area contributed by atoms with Gasteiger partial charge in [-0.25, -0.2) is 0 Å². The number of amides is 1. The third kappa shape index (κ3) is 3.28. The molecule has 0 N–H and O–H groups in total. The van der Waals surface area contributed by atoms with Crippen molar-refractivity contribution < 1.29 is 9.32 Å². The Morgan fingerprint density at radius 1 is 1.04 bits per heavy atom. The lowest BCUT2D eigenvalue weighted by atomic mass is 9.99. The largest absolute Gasteiger partial charge is 0.335 e. The molecule has 3 aromatic rings. The number of aromatic nitrogens is 2. The molecule has 0 saturated heterocycles. The number of benzene rings is 2. The van der Waals surface area contributed by atoms with Gasteiger partial charge in [0.25, 0.3) is 11.8 Å². The van der Waals surface area contributed by atoms with Gasteiger partial charge in [0.1, 0.15) is 0 Å². The second-order valence-corrected chi connectivity index (χ2v) is 6.32. The SMILES string of the molecule is Cc1noc(-c2ccc(C(=O)N3CC=C(c4ccccc4)CC3)cc2)n1. The molecule has 1 aliphatic heterocycles. The van der Waals surface area contributed by atoms with Crippen molar-refractivity contribution in [2.24, 2.45) is 0 Å². The number of hydrogen-bond donors (Lipinski definition) is 0. The van der Waals surface area contributed by atoms with Crippen LogP contribution in [0.15, 0.2) is 65.2 Å². The van der Waals surface area contributed by atoms with E-state index in [1.807, 2.05) is 47.4 Å². The number of carbonyl (C=O) groups excluding carboxylic acids is 1. The Balaban J connectivity index is 1.46. The van der Waals surface area contributed by atoms with Gasteiger partial charge >= 0.3 is 0 Å². The van der Waals surface area contributed by atoms with Gasteiger partial charge in [0.05, 0.1) is 0 Å². The summed E-state index contributed by atoms with van der Waals surface area (Å²) in [6, 6.07) is 17.6. The highest BCUT2D eigenvalue weighted by atomic mass is 16.5. The Bertz CT molecular complexity index is 943. The number of carbonyl (C=O) groups is 1. The summed E-state index contributed by atoms with van der Waals surface area (Å²) in [6.07, 6.45) is 3.02. The first kappa shape index (κ1) is 16.3. The average molecular weight is 345 g/mol. The molecule has 26 heavy (non-hydrogen) atoms. The van der Waals surface area contributed by atoms with Crippen molar-refractivity contribution in [3.8, 4) is 11.5 Å². The number of nitrogens with zero attached hydrogens (tertiary/aromatic N) is 3. The Labute approximate surface area is 152 Å². The van der Waals surface area contributed by atoms with Crippen LogP contribution in [0.3, 0.4) is 0 Å². The average Bonchev–Trinajstić information content (AvgIpc) is 3.15. The van der Waals surface area contributed by atoms with Crippen LogP contribution in [-0.2, 0) is 0 Å². The number of hydrogen-bond acceptors (Lipinski definition) is 4. The van der Waals surface area contributed by atoms with Crippen LogP contribution in [0.1, 0.15) is 28.2 Å². The molecule has 1 aliphatic rings. The molecule has 0 bridgehead atoms. The van der Waals surface area contributed by atoms with Crippen molar-refractivity contribution >= 4 is 11.5 Å². The van der Waals surface area contributed by atoms with Crippen molar-refractivity contribution in [3.63, 3.8) is 0 Å². The summed E-state index contributed by atoms with van der Waals surface area (Å²) in [4.78, 5) is 18.8. The van der Waals surface area contributed by atoms with Crippen LogP contribution in [0, 0.1) is 6.92 Å². The molecule has 0 saturated carbocycles. The molecule has 0 fully saturated rings. The normalized spacial score (nSPS) is 14.2. The van der Waals surface area contributed by atoms with E-state index in [1.165, 1.54) is 11.1 Å². The first-order chi connectivity index (χ1) is 12.7. The van der Waals surface area contributed by atoms with E-state index in [1.54, 1.807) is 6.92 Å². The zero-order valence-corrected chi connectivity index (χ0v) is 14.6. The van der Waals surface area contributed by atoms with Gasteiger partial charge in [-0.2, -0.15) is 4.98 Å². The quantitative estimate of drug-likeness (QED) is 0.720. The van der Waals surface area contributed by atoms with Gasteiger partial charge in [-0.05, 0) is 48.7 Å². The van der Waals surface area contributed by atoms with Crippen molar-refractivity contribution in [2.45, 2.75) is 13.3 Å². The molecule has 2 heterocycles. The minimum atomic E-state index is 0.0432. The summed E-state index contributed by atoms with van der Waals surface area (Å²) < 4.78 is 5.16. The maximum atomic E-state index is 12.7. The molecule has 0 spiro atoms. The molecule has 4 rings (SSSR count). The molecule has 1 aromatic heterocycles. The standard InChI is InChI=1S/C21H19N3O2/c1-15-22-20(26-23-15)18-7-9-19(10-8-18)21(25)24-13-11-17(12-14-24)16-5-3-2-4-6-16/h2-11H,12-14H2,1H3. The molecule has 1 amide bonds. The van der Waals surface area contributed by atoms with Gasteiger partial charge in [-0.3, -0.25) is 4.79 Å². The van der Waals surface area contributed by atoms with Crippen molar-refractivity contribution in [2.75, 3.05) is 13.1 Å². The van der Waals surface area contributed by atoms with Gasteiger partial charge in [0.15, 0.2) is 5.82 Å². The third-order valence-electron chi connectivity index (χ3n) is 4.55. The van der Waals surface area contributed by atoms with Crippen LogP contribution in [0.2, 0.25) is 0 Å². The van der Waals surface area contributed by atoms with Gasteiger partial charge < -0.3 is 9.42 Å². The molecule has 2 aromatic carbocycles. The van der Waals surface area contributed by atoms with Gasteiger partial charge in [-0.15, -0.1) is 0 Å². The lowest BCUT2D eigenvalue weighted by molar-refractivity contribution is 0.0773. The summed E-state index contributed by atoms with van der Waals surface area (Å²) in [5.41, 5.74) is 4.02. The highest BCUT2D eigenvalue weighted by Crippen LogP contribution is 2.24. The third-order valence-corrected chi connectivity index (χ3v) is 4.55. The smallest absolute Gasteiger partial charge is 0.257 e. The highest BCUT2D eigenvalue weighted by molar-refractivity contribution is 5.95. The van der Waals surface area contributed by atoms with Gasteiger partial charge in [0, 0.05) is 24.2 Å². The van der Waals surface area contributed by atoms with E-state index in [0.29, 0.717) is 23.8 Å². The molecule has 0 unspecified atom stereocenters. The Morgan fingerprint density at radius 2 is 1.81 bits per heavy atom. The molecular weight excluding hydrogens is 326 g/mol. The van der Waals surface area contributed by atoms with E-state index in [4.69, 9.17) is 4.52 Å². The Hall–Kier alpha value is -3.21. The summed E-state index contributed by atoms with van der Waals surface area (Å²) in [5.74, 6) is 1.10. The summed E-state index contributed by atoms with van der Waals surface area (Å²) >= 11 is 0. The minimum Gasteiger partial charge on any atom is -0.335 e. The van der Waals surface area contributed by atoms with Crippen molar-refractivity contribution in [3.05, 3.63) is 77.6 Å². The van der Waals surface area contributed by atoms with Crippen LogP contribution >= 0.6 is 0 Å². The van der Waals surface area contributed by atoms with Crippen LogP contribution in [0.5, 0.6) is 0 Å². The lowest BCUT2D eigenvalue weighted by Crippen LogP contribution is -2.34. The van der Waals surface area contributed by atoms with Gasteiger partial charge in [-0.1, -0.05) is 41.6 Å². The second kappa shape index (κ2) is 6.96. The number of aryl methyl sites for hydroxylation is 1. The summed E-state index contributed by atoms with van der Waals surface area (Å²) in [5, 5.41) is 3.79. The molecule has 0 radical (unpaired) electrons. The first-order valence-corrected chi connectivity index (χ1v) is 8.65. The Kier molecular flexibility index (Phi) is 4.35. The molecular formula is C21H19N3O2. The van der Waals surface area contributed by atoms with Crippen molar-refractivity contribution in [1.29, 1.82) is 0 Å². The van der Waals surface area contributed by atoms with E-state index < -0.39 is 0 Å². The fourth-order valence-corrected chi connectivity index (χ4v) is 3.12. The summed E-state index contributed by atoms with van der Waals surface area (Å²) in [6.45, 7) is 3.14. The molecule has 130 valence electrons. The molecule has 0 aliphatic carbocycles. The summed E-state index contributed by atoms with van der Waals surface area (Å²) in [7, 11) is 0. The second-order valence-electron chi connectivity index (χ2n) is 6.32. The van der Waals surface area contributed by atoms with Crippen LogP contribution in [-0.4, -0.2) is 34.0 Å². The highest BCUT2D eigenvalue weighted by Gasteiger charge is 2.19. The predicted octanol–water partition coefficient (Wildman–Crippen LogP) is 3.97. The van der Waals surface area contributed by atoms with E-state index >= 15 is 0 Å². The fraction of sp³-hybridized carbons (Fsp3) is 0.190. The van der Waals surface area contributed by atoms with E-state index in [-0.39, 0.29) is 5.91 Å². The molecule has 5 nitrogen and oxygen atoms in total. The predicted molar refractivity (Wildman–Crippen MR) is 99.4 cm³/mol. The lowest BCUT2D eigenvalue weighted by Gasteiger charge is -2.26. The zero-order valence-electron chi connectivity index (χ0n) is 14.6. The molecule has 0 atom stereocenters. The zero-order chi connectivity index (χ0) is 17.9. The van der Waals surface area contributed by atoms with E-state index in [9.17, 15) is 4.79 Å². The first-order valence-electron chi connectivity index (χ1n) is 8.65. The van der Waals surface area contributed by atoms with Crippen LogP contribution < -0.4 is 0 Å². The van der Waals surface area contributed by atoms with E-state index in [0.717, 1.165) is 18.5 Å². The maximum absolute atomic E-state index is 12.7.